The van der Waals surface area contributed by atoms with E-state index in [1.165, 1.54) is 11.8 Å². The van der Waals surface area contributed by atoms with Crippen molar-refractivity contribution < 1.29 is 14.3 Å². The van der Waals surface area contributed by atoms with Gasteiger partial charge < -0.3 is 14.8 Å². The van der Waals surface area contributed by atoms with Gasteiger partial charge in [0.25, 0.3) is 5.91 Å². The predicted molar refractivity (Wildman–Crippen MR) is 119 cm³/mol. The Morgan fingerprint density at radius 2 is 2.14 bits per heavy atom. The van der Waals surface area contributed by atoms with E-state index in [1.807, 2.05) is 44.2 Å². The molecule has 0 aliphatic carbocycles. The van der Waals surface area contributed by atoms with Crippen LogP contribution in [0.1, 0.15) is 18.1 Å². The van der Waals surface area contributed by atoms with Gasteiger partial charge in [0.15, 0.2) is 16.7 Å². The highest BCUT2D eigenvalue weighted by Gasteiger charge is 2.24. The van der Waals surface area contributed by atoms with Gasteiger partial charge in [0.05, 0.1) is 28.8 Å². The second kappa shape index (κ2) is 9.03. The van der Waals surface area contributed by atoms with Gasteiger partial charge in [-0.25, -0.2) is 4.99 Å². The molecule has 2 aromatic rings. The lowest BCUT2D eigenvalue weighted by Gasteiger charge is -2.12. The van der Waals surface area contributed by atoms with Crippen molar-refractivity contribution >= 4 is 62.1 Å². The zero-order chi connectivity index (χ0) is 20.3. The number of hydrogen-bond acceptors (Lipinski definition) is 5. The van der Waals surface area contributed by atoms with Crippen molar-refractivity contribution in [3.8, 4) is 11.5 Å². The van der Waals surface area contributed by atoms with Gasteiger partial charge in [-0.1, -0.05) is 17.7 Å². The van der Waals surface area contributed by atoms with E-state index in [2.05, 4.69) is 26.2 Å². The van der Waals surface area contributed by atoms with Crippen molar-refractivity contribution in [3.63, 3.8) is 0 Å². The number of hydrogen-bond donors (Lipinski definition) is 1. The lowest BCUT2D eigenvalue weighted by atomic mass is 10.2. The molecule has 0 aromatic heterocycles. The third-order valence-corrected chi connectivity index (χ3v) is 5.85. The number of amides is 1. The van der Waals surface area contributed by atoms with Gasteiger partial charge in [-0.3, -0.25) is 4.79 Å². The van der Waals surface area contributed by atoms with Crippen LogP contribution in [0.3, 0.4) is 0 Å². The quantitative estimate of drug-likeness (QED) is 0.556. The van der Waals surface area contributed by atoms with Gasteiger partial charge >= 0.3 is 0 Å². The summed E-state index contributed by atoms with van der Waals surface area (Å²) < 4.78 is 11.8. The Labute approximate surface area is 181 Å². The van der Waals surface area contributed by atoms with E-state index in [-0.39, 0.29) is 5.91 Å². The maximum atomic E-state index is 12.4. The number of benzene rings is 2. The van der Waals surface area contributed by atoms with Gasteiger partial charge in [-0.2, -0.15) is 0 Å². The number of halogens is 2. The number of nitrogens with zero attached hydrogens (tertiary/aromatic N) is 1. The Bertz CT molecular complexity index is 992. The molecule has 28 heavy (non-hydrogen) atoms. The summed E-state index contributed by atoms with van der Waals surface area (Å²) in [6.45, 7) is 4.30. The van der Waals surface area contributed by atoms with Crippen LogP contribution in [0.5, 0.6) is 11.5 Å². The molecule has 2 aromatic carbocycles. The summed E-state index contributed by atoms with van der Waals surface area (Å²) in [5, 5.41) is 3.94. The third kappa shape index (κ3) is 4.54. The van der Waals surface area contributed by atoms with Crippen LogP contribution in [0.15, 0.2) is 44.7 Å². The Hall–Kier alpha value is -1.96. The fourth-order valence-electron chi connectivity index (χ4n) is 2.59. The van der Waals surface area contributed by atoms with Crippen LogP contribution in [0.4, 0.5) is 5.69 Å². The molecule has 8 heteroatoms. The lowest BCUT2D eigenvalue weighted by molar-refractivity contribution is -0.115. The number of methoxy groups -OCH3 is 1. The molecule has 1 fully saturated rings. The molecule has 5 nitrogen and oxygen atoms in total. The van der Waals surface area contributed by atoms with E-state index >= 15 is 0 Å². The first kappa shape index (κ1) is 20.8. The molecule has 3 rings (SSSR count). The zero-order valence-electron chi connectivity index (χ0n) is 15.5. The van der Waals surface area contributed by atoms with E-state index in [9.17, 15) is 4.79 Å². The van der Waals surface area contributed by atoms with Gasteiger partial charge in [0.1, 0.15) is 0 Å². The number of carbonyl (C=O) groups excluding carboxylic acids is 1. The van der Waals surface area contributed by atoms with E-state index in [0.29, 0.717) is 33.2 Å². The van der Waals surface area contributed by atoms with Crippen molar-refractivity contribution in [3.05, 3.63) is 55.9 Å². The van der Waals surface area contributed by atoms with Crippen LogP contribution >= 0.6 is 39.3 Å². The highest BCUT2D eigenvalue weighted by molar-refractivity contribution is 9.10. The molecule has 1 saturated heterocycles. The SMILES string of the molecule is CCOc1cc(/C=C2\SC(=Nc3cccc(Cl)c3C)NC2=O)cc(Br)c1OC. The number of ether oxygens (including phenoxy) is 2. The average molecular weight is 482 g/mol. The number of thioether (sulfide) groups is 1. The summed E-state index contributed by atoms with van der Waals surface area (Å²) in [7, 11) is 1.58. The number of aliphatic imine (C=N–C) groups is 1. The molecule has 1 amide bonds. The Morgan fingerprint density at radius 3 is 2.86 bits per heavy atom. The van der Waals surface area contributed by atoms with E-state index in [0.717, 1.165) is 21.3 Å². The molecular formula is C20H18BrClN2O3S. The maximum absolute atomic E-state index is 12.4. The number of carbonyl (C=O) groups is 1. The van der Waals surface area contributed by atoms with Crippen LogP contribution in [-0.2, 0) is 4.79 Å². The molecule has 1 N–H and O–H groups in total. The first-order valence-corrected chi connectivity index (χ1v) is 10.5. The minimum absolute atomic E-state index is 0.201. The molecule has 146 valence electrons. The molecule has 0 spiro atoms. The second-order valence-electron chi connectivity index (χ2n) is 5.83. The molecule has 1 aliphatic rings. The van der Waals surface area contributed by atoms with Crippen molar-refractivity contribution in [2.75, 3.05) is 13.7 Å². The predicted octanol–water partition coefficient (Wildman–Crippen LogP) is 5.71. The minimum atomic E-state index is -0.201. The first-order chi connectivity index (χ1) is 13.4. The molecule has 0 radical (unpaired) electrons. The highest BCUT2D eigenvalue weighted by atomic mass is 79.9. The van der Waals surface area contributed by atoms with Gasteiger partial charge in [0.2, 0.25) is 0 Å². The Kier molecular flexibility index (Phi) is 6.69. The fraction of sp³-hybridized carbons (Fsp3) is 0.200. The maximum Gasteiger partial charge on any atom is 0.264 e. The van der Waals surface area contributed by atoms with Crippen LogP contribution in [0, 0.1) is 6.92 Å². The van der Waals surface area contributed by atoms with Crippen LogP contribution in [-0.4, -0.2) is 24.8 Å². The molecule has 0 bridgehead atoms. The Balaban J connectivity index is 1.91. The van der Waals surface area contributed by atoms with Crippen LogP contribution in [0.25, 0.3) is 6.08 Å². The average Bonchev–Trinajstić information content (AvgIpc) is 2.98. The summed E-state index contributed by atoms with van der Waals surface area (Å²) in [6.07, 6.45) is 1.79. The van der Waals surface area contributed by atoms with Crippen LogP contribution in [0.2, 0.25) is 5.02 Å². The summed E-state index contributed by atoms with van der Waals surface area (Å²) >= 11 is 10.9. The number of rotatable bonds is 5. The van der Waals surface area contributed by atoms with Crippen LogP contribution < -0.4 is 14.8 Å². The second-order valence-corrected chi connectivity index (χ2v) is 8.13. The van der Waals surface area contributed by atoms with Crippen molar-refractivity contribution in [1.82, 2.24) is 5.32 Å². The fourth-order valence-corrected chi connectivity index (χ4v) is 4.22. The molecule has 0 atom stereocenters. The summed E-state index contributed by atoms with van der Waals surface area (Å²) in [5.74, 6) is 1.03. The molecule has 0 unspecified atom stereocenters. The first-order valence-electron chi connectivity index (χ1n) is 8.48. The van der Waals surface area contributed by atoms with Gasteiger partial charge in [0, 0.05) is 5.02 Å². The van der Waals surface area contributed by atoms with Gasteiger partial charge in [-0.05, 0) is 83.0 Å². The highest BCUT2D eigenvalue weighted by Crippen LogP contribution is 2.38. The molecule has 1 aliphatic heterocycles. The Morgan fingerprint density at radius 1 is 1.36 bits per heavy atom. The molecule has 1 heterocycles. The van der Waals surface area contributed by atoms with E-state index in [4.69, 9.17) is 21.1 Å². The summed E-state index contributed by atoms with van der Waals surface area (Å²) in [4.78, 5) is 17.4. The third-order valence-electron chi connectivity index (χ3n) is 3.95. The van der Waals surface area contributed by atoms with Crippen molar-refractivity contribution in [2.24, 2.45) is 4.99 Å². The summed E-state index contributed by atoms with van der Waals surface area (Å²) in [6, 6.07) is 9.21. The zero-order valence-corrected chi connectivity index (χ0v) is 18.7. The topological polar surface area (TPSA) is 59.9 Å². The standard InChI is InChI=1S/C20H18BrClN2O3S/c1-4-27-16-9-12(8-13(21)18(16)26-3)10-17-19(25)24-20(28-17)23-15-7-5-6-14(22)11(15)2/h5-10H,4H2,1-3H3,(H,23,24,25)/b17-10-. The van der Waals surface area contributed by atoms with Gasteiger partial charge in [-0.15, -0.1) is 0 Å². The molecule has 0 saturated carbocycles. The minimum Gasteiger partial charge on any atom is -0.492 e. The normalized spacial score (nSPS) is 16.5. The lowest BCUT2D eigenvalue weighted by Crippen LogP contribution is -2.19. The monoisotopic (exact) mass is 480 g/mol. The molecular weight excluding hydrogens is 464 g/mol. The van der Waals surface area contributed by atoms with E-state index < -0.39 is 0 Å². The summed E-state index contributed by atoms with van der Waals surface area (Å²) in [5.41, 5.74) is 2.40. The van der Waals surface area contributed by atoms with Crippen molar-refractivity contribution in [1.29, 1.82) is 0 Å². The number of amidine groups is 1. The van der Waals surface area contributed by atoms with E-state index in [1.54, 1.807) is 13.2 Å². The number of nitrogens with one attached hydrogen (secondary N) is 1. The largest absolute Gasteiger partial charge is 0.492 e. The van der Waals surface area contributed by atoms with Crippen molar-refractivity contribution in [2.45, 2.75) is 13.8 Å². The smallest absolute Gasteiger partial charge is 0.264 e.